The fourth-order valence-electron chi connectivity index (χ4n) is 2.85. The Bertz CT molecular complexity index is 754. The van der Waals surface area contributed by atoms with Crippen molar-refractivity contribution in [2.24, 2.45) is 5.92 Å². The Hall–Kier alpha value is -2.97. The highest BCUT2D eigenvalue weighted by Gasteiger charge is 2.35. The van der Waals surface area contributed by atoms with Crippen LogP contribution in [0.2, 0.25) is 0 Å². The molecular formula is C19H25N3O6. The van der Waals surface area contributed by atoms with Gasteiger partial charge in [0.05, 0.1) is 0 Å². The fraction of sp³-hybridized carbons (Fsp3) is 0.526. The van der Waals surface area contributed by atoms with Crippen molar-refractivity contribution in [2.75, 3.05) is 19.7 Å². The van der Waals surface area contributed by atoms with E-state index in [1.807, 2.05) is 6.07 Å². The number of nitrogens with zero attached hydrogens (tertiary/aromatic N) is 1. The molecule has 152 valence electrons. The van der Waals surface area contributed by atoms with Gasteiger partial charge in [-0.15, -0.1) is 0 Å². The Morgan fingerprint density at radius 2 is 1.82 bits per heavy atom. The maximum absolute atomic E-state index is 12.2. The van der Waals surface area contributed by atoms with Crippen LogP contribution in [0.1, 0.15) is 27.2 Å². The van der Waals surface area contributed by atoms with Crippen molar-refractivity contribution in [3.8, 4) is 11.5 Å². The smallest absolute Gasteiger partial charge is 0.410 e. The lowest BCUT2D eigenvalue weighted by Gasteiger charge is -2.39. The fourth-order valence-corrected chi connectivity index (χ4v) is 2.85. The third kappa shape index (κ3) is 5.05. The zero-order valence-electron chi connectivity index (χ0n) is 16.2. The minimum absolute atomic E-state index is 0.0329. The van der Waals surface area contributed by atoms with Crippen LogP contribution in [0.4, 0.5) is 4.79 Å². The summed E-state index contributed by atoms with van der Waals surface area (Å²) in [6, 6.07) is 7.06. The van der Waals surface area contributed by atoms with Crippen LogP contribution in [-0.2, 0) is 14.3 Å². The van der Waals surface area contributed by atoms with Crippen molar-refractivity contribution < 1.29 is 28.6 Å². The van der Waals surface area contributed by atoms with Gasteiger partial charge in [-0.2, -0.15) is 0 Å². The van der Waals surface area contributed by atoms with Crippen LogP contribution in [-0.4, -0.2) is 54.2 Å². The molecule has 0 radical (unpaired) electrons. The van der Waals surface area contributed by atoms with Gasteiger partial charge in [0.1, 0.15) is 12.2 Å². The number of hydrogen-bond acceptors (Lipinski definition) is 6. The van der Waals surface area contributed by atoms with E-state index in [4.69, 9.17) is 14.2 Å². The van der Waals surface area contributed by atoms with Gasteiger partial charge in [0.15, 0.2) is 11.5 Å². The van der Waals surface area contributed by atoms with Gasteiger partial charge >= 0.3 is 6.09 Å². The number of likely N-dealkylation sites (tertiary alicyclic amines) is 1. The number of carbonyl (C=O) groups excluding carboxylic acids is 3. The Morgan fingerprint density at radius 3 is 2.50 bits per heavy atom. The first kappa shape index (κ1) is 19.8. The first-order valence-electron chi connectivity index (χ1n) is 9.16. The molecule has 2 aliphatic heterocycles. The van der Waals surface area contributed by atoms with Crippen molar-refractivity contribution in [3.05, 3.63) is 24.3 Å². The van der Waals surface area contributed by atoms with Crippen LogP contribution in [0, 0.1) is 5.92 Å². The van der Waals surface area contributed by atoms with E-state index in [1.165, 1.54) is 0 Å². The molecule has 2 N–H and O–H groups in total. The normalized spacial score (nSPS) is 18.7. The highest BCUT2D eigenvalue weighted by Crippen LogP contribution is 2.30. The quantitative estimate of drug-likeness (QED) is 0.751. The number of para-hydroxylation sites is 2. The van der Waals surface area contributed by atoms with Crippen LogP contribution in [0.3, 0.4) is 0 Å². The maximum Gasteiger partial charge on any atom is 0.410 e. The van der Waals surface area contributed by atoms with Crippen LogP contribution in [0.5, 0.6) is 11.5 Å². The molecule has 0 aromatic heterocycles. The number of fused-ring (bicyclic) bond motifs is 1. The summed E-state index contributed by atoms with van der Waals surface area (Å²) >= 11 is 0. The molecule has 1 saturated heterocycles. The SMILES string of the molecule is CC(C)(C)OC(=O)N1CC(CC(=O)NNC(=O)[C@H]2COc3ccccc3O2)C1. The summed E-state index contributed by atoms with van der Waals surface area (Å²) in [5.41, 5.74) is 4.18. The third-order valence-corrected chi connectivity index (χ3v) is 4.21. The highest BCUT2D eigenvalue weighted by molar-refractivity contribution is 5.85. The van der Waals surface area contributed by atoms with Crippen molar-refractivity contribution >= 4 is 17.9 Å². The lowest BCUT2D eigenvalue weighted by molar-refractivity contribution is -0.135. The van der Waals surface area contributed by atoms with Gasteiger partial charge in [-0.1, -0.05) is 12.1 Å². The minimum Gasteiger partial charge on any atom is -0.485 e. The average Bonchev–Trinajstić information content (AvgIpc) is 2.60. The third-order valence-electron chi connectivity index (χ3n) is 4.21. The molecule has 2 heterocycles. The first-order valence-corrected chi connectivity index (χ1v) is 9.16. The van der Waals surface area contributed by atoms with E-state index < -0.39 is 17.6 Å². The predicted octanol–water partition coefficient (Wildman–Crippen LogP) is 1.23. The molecule has 0 unspecified atom stereocenters. The largest absolute Gasteiger partial charge is 0.485 e. The molecule has 3 amide bonds. The van der Waals surface area contributed by atoms with Crippen molar-refractivity contribution in [1.82, 2.24) is 15.8 Å². The molecule has 1 fully saturated rings. The molecule has 0 saturated carbocycles. The molecule has 1 aromatic carbocycles. The lowest BCUT2D eigenvalue weighted by atomic mass is 9.97. The monoisotopic (exact) mass is 391 g/mol. The molecule has 1 aromatic rings. The van der Waals surface area contributed by atoms with E-state index in [1.54, 1.807) is 43.9 Å². The second-order valence-electron chi connectivity index (χ2n) is 7.86. The summed E-state index contributed by atoms with van der Waals surface area (Å²) in [6.07, 6.45) is -1.03. The van der Waals surface area contributed by atoms with E-state index in [2.05, 4.69) is 10.9 Å². The van der Waals surface area contributed by atoms with Crippen LogP contribution in [0.15, 0.2) is 24.3 Å². The summed E-state index contributed by atoms with van der Waals surface area (Å²) < 4.78 is 16.3. The molecule has 9 nitrogen and oxygen atoms in total. The summed E-state index contributed by atoms with van der Waals surface area (Å²) in [4.78, 5) is 37.6. The Morgan fingerprint density at radius 1 is 1.14 bits per heavy atom. The summed E-state index contributed by atoms with van der Waals surface area (Å²) in [6.45, 7) is 6.37. The van der Waals surface area contributed by atoms with Gasteiger partial charge in [-0.3, -0.25) is 20.4 Å². The maximum atomic E-state index is 12.2. The second kappa shape index (κ2) is 7.95. The second-order valence-corrected chi connectivity index (χ2v) is 7.86. The first-order chi connectivity index (χ1) is 13.2. The van der Waals surface area contributed by atoms with Crippen LogP contribution >= 0.6 is 0 Å². The number of benzene rings is 1. The van der Waals surface area contributed by atoms with Gasteiger partial charge in [-0.25, -0.2) is 4.79 Å². The molecule has 1 atom stereocenters. The Balaban J connectivity index is 1.35. The molecule has 3 rings (SSSR count). The molecule has 0 bridgehead atoms. The molecule has 0 spiro atoms. The zero-order valence-corrected chi connectivity index (χ0v) is 16.2. The van der Waals surface area contributed by atoms with Gasteiger partial charge in [-0.05, 0) is 32.9 Å². The molecular weight excluding hydrogens is 366 g/mol. The number of rotatable bonds is 3. The minimum atomic E-state index is -0.846. The summed E-state index contributed by atoms with van der Waals surface area (Å²) in [7, 11) is 0. The van der Waals surface area contributed by atoms with E-state index in [9.17, 15) is 14.4 Å². The van der Waals surface area contributed by atoms with E-state index in [-0.39, 0.29) is 30.9 Å². The highest BCUT2D eigenvalue weighted by atomic mass is 16.6. The topological polar surface area (TPSA) is 106 Å². The number of ether oxygens (including phenoxy) is 3. The van der Waals surface area contributed by atoms with Gasteiger partial charge < -0.3 is 19.1 Å². The average molecular weight is 391 g/mol. The standard InChI is InChI=1S/C19H25N3O6/c1-19(2,3)28-18(25)22-9-12(10-22)8-16(23)20-21-17(24)15-11-26-13-6-4-5-7-14(13)27-15/h4-7,12,15H,8-11H2,1-3H3,(H,20,23)(H,21,24)/t15-/m1/s1. The van der Waals surface area contributed by atoms with Crippen LogP contribution in [0.25, 0.3) is 0 Å². The molecule has 2 aliphatic rings. The molecule has 0 aliphatic carbocycles. The van der Waals surface area contributed by atoms with Crippen molar-refractivity contribution in [2.45, 2.75) is 38.9 Å². The number of hydrogen-bond donors (Lipinski definition) is 2. The van der Waals surface area contributed by atoms with Gasteiger partial charge in [0.25, 0.3) is 5.91 Å². The summed E-state index contributed by atoms with van der Waals surface area (Å²) in [5.74, 6) is 0.267. The predicted molar refractivity (Wildman–Crippen MR) is 98.6 cm³/mol. The lowest BCUT2D eigenvalue weighted by Crippen LogP contribution is -2.54. The van der Waals surface area contributed by atoms with Crippen molar-refractivity contribution in [3.63, 3.8) is 0 Å². The summed E-state index contributed by atoms with van der Waals surface area (Å²) in [5, 5.41) is 0. The number of hydrazine groups is 1. The van der Waals surface area contributed by atoms with E-state index >= 15 is 0 Å². The number of nitrogens with one attached hydrogen (secondary N) is 2. The van der Waals surface area contributed by atoms with Gasteiger partial charge in [0, 0.05) is 25.4 Å². The van der Waals surface area contributed by atoms with Crippen LogP contribution < -0.4 is 20.3 Å². The Kier molecular flexibility index (Phi) is 5.62. The van der Waals surface area contributed by atoms with E-state index in [0.717, 1.165) is 0 Å². The van der Waals surface area contributed by atoms with Gasteiger partial charge in [0.2, 0.25) is 12.0 Å². The molecule has 28 heavy (non-hydrogen) atoms. The van der Waals surface area contributed by atoms with E-state index in [0.29, 0.717) is 24.6 Å². The molecule has 9 heteroatoms. The number of carbonyl (C=O) groups is 3. The number of amides is 3. The Labute approximate surface area is 163 Å². The zero-order chi connectivity index (χ0) is 20.3. The van der Waals surface area contributed by atoms with Crippen molar-refractivity contribution in [1.29, 1.82) is 0 Å².